The monoisotopic (exact) mass is 618 g/mol. The van der Waals surface area contributed by atoms with E-state index in [1.807, 2.05) is 6.08 Å². The number of amides is 3. The Balaban J connectivity index is 1.75. The number of aliphatic hydroxyl groups excluding tert-OH is 2. The van der Waals surface area contributed by atoms with Crippen LogP contribution in [0.2, 0.25) is 0 Å². The molecule has 0 bridgehead atoms. The van der Waals surface area contributed by atoms with Crippen molar-refractivity contribution in [1.82, 2.24) is 20.4 Å². The summed E-state index contributed by atoms with van der Waals surface area (Å²) in [6, 6.07) is -2.64. The molecule has 0 aromatic rings. The van der Waals surface area contributed by atoms with Gasteiger partial charge in [-0.15, -0.1) is 0 Å². The average molecular weight is 619 g/mol. The second-order valence-corrected chi connectivity index (χ2v) is 12.4. The van der Waals surface area contributed by atoms with Crippen LogP contribution < -0.4 is 16.4 Å². The van der Waals surface area contributed by atoms with Gasteiger partial charge < -0.3 is 41.1 Å². The van der Waals surface area contributed by atoms with Crippen LogP contribution in [0.25, 0.3) is 0 Å². The number of rotatable bonds is 12. The molecule has 2 aliphatic heterocycles. The van der Waals surface area contributed by atoms with Crippen molar-refractivity contribution in [2.45, 2.75) is 76.0 Å². The Morgan fingerprint density at radius 2 is 1.86 bits per heavy atom. The number of likely N-dealkylation sites (tertiary alicyclic amines) is 1. The zero-order valence-electron chi connectivity index (χ0n) is 23.9. The lowest BCUT2D eigenvalue weighted by atomic mass is 9.81. The van der Waals surface area contributed by atoms with Crippen molar-refractivity contribution in [2.24, 2.45) is 17.6 Å². The molecule has 0 aromatic carbocycles. The fourth-order valence-corrected chi connectivity index (χ4v) is 6.05. The molecule has 0 radical (unpaired) electrons. The van der Waals surface area contributed by atoms with Crippen LogP contribution in [-0.2, 0) is 33.7 Å². The molecule has 3 rings (SSSR count). The van der Waals surface area contributed by atoms with Crippen LogP contribution >= 0.6 is 0 Å². The highest BCUT2D eigenvalue weighted by Crippen LogP contribution is 2.40. The minimum Gasteiger partial charge on any atom is -0.390 e. The molecule has 238 valence electrons. The lowest BCUT2D eigenvalue weighted by molar-refractivity contribution is -0.148. The zero-order chi connectivity index (χ0) is 31.4. The van der Waals surface area contributed by atoms with Crippen molar-refractivity contribution >= 4 is 34.1 Å². The number of nitrogens with two attached hydrogens (primary N) is 1. The van der Waals surface area contributed by atoms with Crippen LogP contribution in [0, 0.1) is 17.2 Å². The Kier molecular flexibility index (Phi) is 11.3. The largest absolute Gasteiger partial charge is 0.397 e. The van der Waals surface area contributed by atoms with E-state index < -0.39 is 77.1 Å². The smallest absolute Gasteiger partial charge is 0.390 e. The Hall–Kier alpha value is -2.83. The van der Waals surface area contributed by atoms with E-state index in [4.69, 9.17) is 20.4 Å². The van der Waals surface area contributed by atoms with Gasteiger partial charge in [-0.3, -0.25) is 24.3 Å². The number of fused-ring (bicyclic) bond motifs is 1. The first kappa shape index (κ1) is 33.7. The third-order valence-corrected chi connectivity index (χ3v) is 8.48. The van der Waals surface area contributed by atoms with Gasteiger partial charge in [0.15, 0.2) is 12.1 Å². The first-order chi connectivity index (χ1) is 19.6. The fraction of sp³-hybridized carbons (Fsp3) is 0.760. The molecule has 1 aliphatic carbocycles. The van der Waals surface area contributed by atoms with E-state index in [9.17, 15) is 33.0 Å². The van der Waals surface area contributed by atoms with E-state index in [-0.39, 0.29) is 37.7 Å². The number of methoxy groups -OCH3 is 1. The Morgan fingerprint density at radius 1 is 1.19 bits per heavy atom. The van der Waals surface area contributed by atoms with Gasteiger partial charge in [0.1, 0.15) is 18.7 Å². The lowest BCUT2D eigenvalue weighted by Crippen LogP contribution is -2.60. The summed E-state index contributed by atoms with van der Waals surface area (Å²) in [4.78, 5) is 43.4. The number of hydrogen-bond donors (Lipinski definition) is 7. The van der Waals surface area contributed by atoms with Crippen molar-refractivity contribution in [2.75, 3.05) is 33.4 Å². The highest BCUT2D eigenvalue weighted by molar-refractivity contribution is 7.80. The maximum Gasteiger partial charge on any atom is 0.397 e. The van der Waals surface area contributed by atoms with Gasteiger partial charge in [-0.05, 0) is 37.5 Å². The molecular formula is C25H42N6O10S. The van der Waals surface area contributed by atoms with Crippen LogP contribution in [0.4, 0.5) is 0 Å². The topological polar surface area (TPSA) is 245 Å². The van der Waals surface area contributed by atoms with Crippen LogP contribution in [0.5, 0.6) is 0 Å². The Bertz CT molecular complexity index is 1160. The summed E-state index contributed by atoms with van der Waals surface area (Å²) < 4.78 is 40.0. The number of nitrogens with zero attached hydrogens (tertiary/aromatic N) is 2. The van der Waals surface area contributed by atoms with Crippen LogP contribution in [-0.4, -0.2) is 126 Å². The molecule has 2 heterocycles. The lowest BCUT2D eigenvalue weighted by Gasteiger charge is -2.39. The number of aliphatic hydroxyl groups is 2. The SMILES string of the molecule is COC(COS(=O)(=O)O)C(=O)NC(C(=O)N1C(C(=O)NCCC2=CCN(C(=N)N)C2)CC2CC(O)C(O)CC21)C(C)C. The third kappa shape index (κ3) is 8.38. The first-order valence-electron chi connectivity index (χ1n) is 13.8. The molecule has 8 N–H and O–H groups in total. The van der Waals surface area contributed by atoms with Crippen LogP contribution in [0.1, 0.15) is 39.5 Å². The fourth-order valence-electron chi connectivity index (χ4n) is 5.76. The first-order valence-corrected chi connectivity index (χ1v) is 15.2. The molecule has 3 amide bonds. The molecule has 16 nitrogen and oxygen atoms in total. The molecule has 7 atom stereocenters. The van der Waals surface area contributed by atoms with Gasteiger partial charge in [-0.1, -0.05) is 25.5 Å². The highest BCUT2D eigenvalue weighted by Gasteiger charge is 2.52. The van der Waals surface area contributed by atoms with E-state index >= 15 is 0 Å². The van der Waals surface area contributed by atoms with Crippen molar-refractivity contribution in [3.63, 3.8) is 0 Å². The number of nitrogens with one attached hydrogen (secondary N) is 3. The molecule has 17 heteroatoms. The third-order valence-electron chi connectivity index (χ3n) is 8.05. The molecule has 42 heavy (non-hydrogen) atoms. The molecule has 2 fully saturated rings. The number of guanidine groups is 1. The van der Waals surface area contributed by atoms with Crippen LogP contribution in [0.15, 0.2) is 11.6 Å². The quantitative estimate of drug-likeness (QED) is 0.0529. The molecule has 1 saturated heterocycles. The van der Waals surface area contributed by atoms with E-state index in [0.717, 1.165) is 12.7 Å². The van der Waals surface area contributed by atoms with E-state index in [1.54, 1.807) is 18.7 Å². The molecular weight excluding hydrogens is 576 g/mol. The number of hydrogen-bond acceptors (Lipinski definition) is 10. The van der Waals surface area contributed by atoms with Gasteiger partial charge in [0.05, 0.1) is 12.2 Å². The predicted octanol–water partition coefficient (Wildman–Crippen LogP) is -2.30. The Morgan fingerprint density at radius 3 is 2.43 bits per heavy atom. The van der Waals surface area contributed by atoms with Crippen molar-refractivity contribution in [3.8, 4) is 0 Å². The normalized spacial score (nSPS) is 27.3. The summed E-state index contributed by atoms with van der Waals surface area (Å²) in [7, 11) is -3.71. The summed E-state index contributed by atoms with van der Waals surface area (Å²) in [6.45, 7) is 3.83. The van der Waals surface area contributed by atoms with Gasteiger partial charge >= 0.3 is 10.4 Å². The van der Waals surface area contributed by atoms with Crippen molar-refractivity contribution < 1.29 is 46.5 Å². The molecule has 3 aliphatic rings. The van der Waals surface area contributed by atoms with Crippen molar-refractivity contribution in [1.29, 1.82) is 5.41 Å². The molecule has 0 spiro atoms. The van der Waals surface area contributed by atoms with Gasteiger partial charge in [-0.2, -0.15) is 8.42 Å². The van der Waals surface area contributed by atoms with Crippen LogP contribution in [0.3, 0.4) is 0 Å². The maximum absolute atomic E-state index is 14.0. The maximum atomic E-state index is 14.0. The van der Waals surface area contributed by atoms with Gasteiger partial charge in [0.25, 0.3) is 5.91 Å². The van der Waals surface area contributed by atoms with Gasteiger partial charge in [0, 0.05) is 32.8 Å². The minimum absolute atomic E-state index is 0.0352. The summed E-state index contributed by atoms with van der Waals surface area (Å²) in [5.74, 6) is -2.62. The summed E-state index contributed by atoms with van der Waals surface area (Å²) >= 11 is 0. The predicted molar refractivity (Wildman–Crippen MR) is 148 cm³/mol. The standard InChI is InChI=1S/C25H42N6O10S/c1-13(2)21(29-23(35)20(40-3)12-41-42(37,38)39)24(36)31-16-10-19(33)18(32)9-15(16)8-17(31)22(34)28-6-4-14-5-7-30(11-14)25(26)27/h5,13,15-21,32-33H,4,6-12H2,1-3H3,(H3,26,27)(H,28,34)(H,29,35)(H,37,38,39). The molecule has 7 unspecified atom stereocenters. The van der Waals surface area contributed by atoms with E-state index in [0.29, 0.717) is 19.5 Å². The highest BCUT2D eigenvalue weighted by atomic mass is 32.3. The second-order valence-electron chi connectivity index (χ2n) is 11.3. The zero-order valence-corrected chi connectivity index (χ0v) is 24.7. The number of carbonyl (C=O) groups excluding carboxylic acids is 3. The van der Waals surface area contributed by atoms with Gasteiger partial charge in [-0.25, -0.2) is 4.18 Å². The Labute approximate surface area is 245 Å². The summed E-state index contributed by atoms with van der Waals surface area (Å²) in [5.41, 5.74) is 6.54. The van der Waals surface area contributed by atoms with E-state index in [1.165, 1.54) is 4.90 Å². The summed E-state index contributed by atoms with van der Waals surface area (Å²) in [6.07, 6.45) is -0.577. The van der Waals surface area contributed by atoms with Crippen molar-refractivity contribution in [3.05, 3.63) is 11.6 Å². The molecule has 0 aromatic heterocycles. The number of ether oxygens (including phenoxy) is 1. The second kappa shape index (κ2) is 14.1. The molecule has 1 saturated carbocycles. The summed E-state index contributed by atoms with van der Waals surface area (Å²) in [5, 5.41) is 33.7. The van der Waals surface area contributed by atoms with E-state index in [2.05, 4.69) is 14.8 Å². The average Bonchev–Trinajstić information content (AvgIpc) is 3.52. The number of carbonyl (C=O) groups is 3. The van der Waals surface area contributed by atoms with Gasteiger partial charge in [0.2, 0.25) is 11.8 Å². The minimum atomic E-state index is -4.84.